The molecule has 8 rings (SSSR count). The molecule has 244 valence electrons. The predicted molar refractivity (Wildman–Crippen MR) is 205 cm³/mol. The topological polar surface area (TPSA) is 27.7 Å². The maximum absolute atomic E-state index is 6.79. The van der Waals surface area contributed by atoms with Gasteiger partial charge in [-0.25, -0.2) is 0 Å². The van der Waals surface area contributed by atoms with E-state index in [0.29, 0.717) is 0 Å². The number of rotatable bonds is 3. The van der Waals surface area contributed by atoms with Crippen LogP contribution in [0.2, 0.25) is 13.1 Å². The summed E-state index contributed by atoms with van der Waals surface area (Å²) in [5.41, 5.74) is 14.3. The number of fused-ring (bicyclic) bond motifs is 4. The summed E-state index contributed by atoms with van der Waals surface area (Å²) in [6, 6.07) is 38.7. The molecule has 0 atom stereocenters. The molecular formula is C45H42O3Si. The molecular weight excluding hydrogens is 617 g/mol. The summed E-state index contributed by atoms with van der Waals surface area (Å²) < 4.78 is 20.2. The molecule has 4 heteroatoms. The van der Waals surface area contributed by atoms with Crippen LogP contribution in [0.5, 0.6) is 28.7 Å². The summed E-state index contributed by atoms with van der Waals surface area (Å²) in [6.07, 6.45) is 0. The van der Waals surface area contributed by atoms with Crippen molar-refractivity contribution < 1.29 is 13.9 Å². The molecule has 2 aliphatic heterocycles. The number of ether oxygens (including phenoxy) is 2. The quantitative estimate of drug-likeness (QED) is 0.177. The summed E-state index contributed by atoms with van der Waals surface area (Å²) in [5, 5.41) is 1.16. The van der Waals surface area contributed by atoms with Crippen molar-refractivity contribution in [2.75, 3.05) is 0 Å². The lowest BCUT2D eigenvalue weighted by Crippen LogP contribution is -2.47. The largest absolute Gasteiger partial charge is 0.537 e. The normalized spacial score (nSPS) is 14.9. The first-order valence-electron chi connectivity index (χ1n) is 17.2. The van der Waals surface area contributed by atoms with Gasteiger partial charge in [-0.3, -0.25) is 0 Å². The first-order chi connectivity index (χ1) is 23.5. The van der Waals surface area contributed by atoms with Gasteiger partial charge in [0, 0.05) is 32.9 Å². The average molecular weight is 659 g/mol. The minimum atomic E-state index is -2.33. The minimum absolute atomic E-state index is 0.180. The van der Waals surface area contributed by atoms with Gasteiger partial charge in [-0.1, -0.05) is 105 Å². The summed E-state index contributed by atoms with van der Waals surface area (Å²) in [7, 11) is -2.33. The zero-order valence-corrected chi connectivity index (χ0v) is 30.6. The van der Waals surface area contributed by atoms with Gasteiger partial charge >= 0.3 is 0 Å². The van der Waals surface area contributed by atoms with Gasteiger partial charge < -0.3 is 13.9 Å². The highest BCUT2D eigenvalue weighted by Crippen LogP contribution is 2.53. The Hall–Kier alpha value is -5.06. The molecule has 3 nitrogen and oxygen atoms in total. The van der Waals surface area contributed by atoms with E-state index in [1.165, 1.54) is 55.6 Å². The van der Waals surface area contributed by atoms with Gasteiger partial charge in [0.15, 0.2) is 5.75 Å². The molecule has 0 spiro atoms. The van der Waals surface area contributed by atoms with E-state index in [9.17, 15) is 0 Å². The van der Waals surface area contributed by atoms with Gasteiger partial charge in [0.25, 0.3) is 8.32 Å². The molecule has 6 aromatic rings. The molecule has 0 fully saturated rings. The molecule has 0 unspecified atom stereocenters. The lowest BCUT2D eigenvalue weighted by Gasteiger charge is -2.35. The van der Waals surface area contributed by atoms with Crippen molar-refractivity contribution in [3.63, 3.8) is 0 Å². The molecule has 0 radical (unpaired) electrons. The predicted octanol–water partition coefficient (Wildman–Crippen LogP) is 11.9. The standard InChI is InChI=1S/C45H42O3Si/c1-27-23-25-31(29(3)41(27)33-15-13-18-36-43(33)46-37-19-10-9-17-35(37)45(36,5)6)32-26-24-28(2)42(30(32)4)34-16-14-22-40-44(34)47-38-20-11-12-21-39(38)48-49(40,7)8/h9-26H,1-8H3. The SMILES string of the molecule is Cc1ccc(-c2ccc(C)c(-c3cccc4c3Oc3ccccc3O[Si]4(C)C)c2C)c(C)c1-c1cccc2c1Oc1ccccc1C2(C)C. The minimum Gasteiger partial charge on any atom is -0.537 e. The number of hydrogen-bond acceptors (Lipinski definition) is 3. The Kier molecular flexibility index (Phi) is 7.17. The van der Waals surface area contributed by atoms with Crippen molar-refractivity contribution in [3.05, 3.63) is 143 Å². The van der Waals surface area contributed by atoms with Gasteiger partial charge in [0.2, 0.25) is 0 Å². The zero-order chi connectivity index (χ0) is 34.2. The van der Waals surface area contributed by atoms with Gasteiger partial charge in [-0.2, -0.15) is 0 Å². The first-order valence-corrected chi connectivity index (χ1v) is 20.1. The van der Waals surface area contributed by atoms with E-state index in [1.807, 2.05) is 24.3 Å². The Bertz CT molecular complexity index is 2310. The van der Waals surface area contributed by atoms with Crippen molar-refractivity contribution in [3.8, 4) is 62.1 Å². The lowest BCUT2D eigenvalue weighted by molar-refractivity contribution is 0.419. The van der Waals surface area contributed by atoms with E-state index in [0.717, 1.165) is 45.1 Å². The van der Waals surface area contributed by atoms with Crippen molar-refractivity contribution in [2.45, 2.75) is 60.1 Å². The van der Waals surface area contributed by atoms with Gasteiger partial charge in [0.1, 0.15) is 23.0 Å². The van der Waals surface area contributed by atoms with Crippen LogP contribution in [0.25, 0.3) is 33.4 Å². The van der Waals surface area contributed by atoms with Crippen LogP contribution in [0.15, 0.2) is 109 Å². The van der Waals surface area contributed by atoms with Crippen molar-refractivity contribution in [2.24, 2.45) is 0 Å². The third kappa shape index (κ3) is 4.84. The number of hydrogen-bond donors (Lipinski definition) is 0. The van der Waals surface area contributed by atoms with Gasteiger partial charge in [-0.15, -0.1) is 0 Å². The van der Waals surface area contributed by atoms with Crippen LogP contribution in [0.4, 0.5) is 0 Å². The summed E-state index contributed by atoms with van der Waals surface area (Å²) >= 11 is 0. The Morgan fingerprint density at radius 1 is 0.469 bits per heavy atom. The van der Waals surface area contributed by atoms with E-state index in [1.54, 1.807) is 0 Å². The van der Waals surface area contributed by atoms with Crippen LogP contribution in [-0.4, -0.2) is 8.32 Å². The highest BCUT2D eigenvalue weighted by molar-refractivity contribution is 6.85. The fourth-order valence-electron chi connectivity index (χ4n) is 8.15. The highest BCUT2D eigenvalue weighted by Gasteiger charge is 2.37. The van der Waals surface area contributed by atoms with E-state index >= 15 is 0 Å². The van der Waals surface area contributed by atoms with Crippen molar-refractivity contribution in [1.82, 2.24) is 0 Å². The number of para-hydroxylation sites is 5. The van der Waals surface area contributed by atoms with Crippen molar-refractivity contribution in [1.29, 1.82) is 0 Å². The second-order valence-electron chi connectivity index (χ2n) is 14.6. The van der Waals surface area contributed by atoms with Gasteiger partial charge in [0.05, 0.1) is 0 Å². The van der Waals surface area contributed by atoms with Crippen molar-refractivity contribution >= 4 is 13.5 Å². The van der Waals surface area contributed by atoms with Crippen LogP contribution in [-0.2, 0) is 5.41 Å². The molecule has 0 amide bonds. The van der Waals surface area contributed by atoms with Crippen LogP contribution in [0.1, 0.15) is 47.2 Å². The Balaban J connectivity index is 1.30. The molecule has 2 heterocycles. The summed E-state index contributed by atoms with van der Waals surface area (Å²) in [4.78, 5) is 0. The number of aryl methyl sites for hydroxylation is 2. The second-order valence-corrected chi connectivity index (χ2v) is 18.4. The third-order valence-corrected chi connectivity index (χ3v) is 13.1. The first kappa shape index (κ1) is 31.2. The Labute approximate surface area is 291 Å². The molecule has 0 saturated carbocycles. The Morgan fingerprint density at radius 3 is 1.63 bits per heavy atom. The van der Waals surface area contributed by atoms with E-state index in [-0.39, 0.29) is 5.41 Å². The monoisotopic (exact) mass is 658 g/mol. The third-order valence-electron chi connectivity index (χ3n) is 10.7. The lowest BCUT2D eigenvalue weighted by atomic mass is 9.74. The maximum Gasteiger partial charge on any atom is 0.280 e. The molecule has 0 bridgehead atoms. The van der Waals surface area contributed by atoms with E-state index < -0.39 is 8.32 Å². The summed E-state index contributed by atoms with van der Waals surface area (Å²) in [5.74, 6) is 4.37. The maximum atomic E-state index is 6.79. The van der Waals surface area contributed by atoms with Crippen LogP contribution < -0.4 is 19.1 Å². The van der Waals surface area contributed by atoms with Crippen LogP contribution in [0.3, 0.4) is 0 Å². The summed E-state index contributed by atoms with van der Waals surface area (Å²) in [6.45, 7) is 18.0. The van der Waals surface area contributed by atoms with Crippen LogP contribution >= 0.6 is 0 Å². The Morgan fingerprint density at radius 2 is 0.980 bits per heavy atom. The molecule has 2 aliphatic rings. The average Bonchev–Trinajstić information content (AvgIpc) is 3.19. The molecule has 49 heavy (non-hydrogen) atoms. The molecule has 0 aromatic heterocycles. The zero-order valence-electron chi connectivity index (χ0n) is 29.6. The molecule has 0 N–H and O–H groups in total. The fraction of sp³-hybridized carbons (Fsp3) is 0.200. The fourth-order valence-corrected chi connectivity index (χ4v) is 10.2. The number of benzene rings is 6. The molecule has 0 saturated heterocycles. The van der Waals surface area contributed by atoms with Crippen LogP contribution in [0, 0.1) is 27.7 Å². The smallest absolute Gasteiger partial charge is 0.280 e. The van der Waals surface area contributed by atoms with E-state index in [4.69, 9.17) is 13.9 Å². The molecule has 6 aromatic carbocycles. The van der Waals surface area contributed by atoms with E-state index in [2.05, 4.69) is 140 Å². The van der Waals surface area contributed by atoms with Gasteiger partial charge in [-0.05, 0) is 103 Å². The second kappa shape index (κ2) is 11.2. The molecule has 0 aliphatic carbocycles. The highest BCUT2D eigenvalue weighted by atomic mass is 28.4.